The van der Waals surface area contributed by atoms with E-state index in [0.29, 0.717) is 50.4 Å². The molecule has 0 radical (unpaired) electrons. The Balaban J connectivity index is 1.35. The fraction of sp³-hybridized carbons (Fsp3) is 0.481. The van der Waals surface area contributed by atoms with Crippen molar-refractivity contribution in [2.75, 3.05) is 32.8 Å². The van der Waals surface area contributed by atoms with Gasteiger partial charge >= 0.3 is 0 Å². The predicted molar refractivity (Wildman–Crippen MR) is 130 cm³/mol. The van der Waals surface area contributed by atoms with E-state index in [0.717, 1.165) is 5.56 Å². The van der Waals surface area contributed by atoms with E-state index >= 15 is 0 Å². The van der Waals surface area contributed by atoms with Crippen molar-refractivity contribution in [2.24, 2.45) is 5.41 Å². The van der Waals surface area contributed by atoms with Crippen molar-refractivity contribution >= 4 is 11.8 Å². The summed E-state index contributed by atoms with van der Waals surface area (Å²) >= 11 is 0. The summed E-state index contributed by atoms with van der Waals surface area (Å²) in [4.78, 5) is 26.9. The van der Waals surface area contributed by atoms with Gasteiger partial charge in [0.2, 0.25) is 5.91 Å². The van der Waals surface area contributed by atoms with Gasteiger partial charge in [-0.1, -0.05) is 24.3 Å². The van der Waals surface area contributed by atoms with Gasteiger partial charge < -0.3 is 29.9 Å². The molecule has 0 aliphatic carbocycles. The number of aliphatic hydroxyl groups excluding tert-OH is 2. The van der Waals surface area contributed by atoms with Crippen LogP contribution in [0.25, 0.3) is 0 Å². The van der Waals surface area contributed by atoms with Gasteiger partial charge in [-0.2, -0.15) is 0 Å². The minimum Gasteiger partial charge on any atom is -0.493 e. The Bertz CT molecular complexity index is 1060. The van der Waals surface area contributed by atoms with Crippen molar-refractivity contribution in [3.8, 4) is 11.5 Å². The summed E-state index contributed by atoms with van der Waals surface area (Å²) in [5, 5.41) is 24.5. The van der Waals surface area contributed by atoms with Gasteiger partial charge in [0.15, 0.2) is 6.61 Å². The van der Waals surface area contributed by atoms with Crippen LogP contribution < -0.4 is 14.8 Å². The molecular formula is C27H33FN2O6. The lowest BCUT2D eigenvalue weighted by Crippen LogP contribution is -2.51. The Morgan fingerprint density at radius 2 is 1.92 bits per heavy atom. The van der Waals surface area contributed by atoms with Gasteiger partial charge in [0.25, 0.3) is 5.91 Å². The first-order valence-corrected chi connectivity index (χ1v) is 12.3. The quantitative estimate of drug-likeness (QED) is 0.593. The van der Waals surface area contributed by atoms with E-state index in [9.17, 15) is 24.2 Å². The number of nitrogens with one attached hydrogen (secondary N) is 1. The standard InChI is InChI=1S/C27H33FN2O6/c28-20-5-3-6-21(15-20)35-13-8-26(34)30-11-9-27(10-12-30)16-23(32)22(31)14-19-4-1-2-7-24(19)36-17-25(33)29-18-27/h1-7,15,22-23,31-32H,8-14,16-18H2,(H,29,33)/t22-,23+/m0/s1. The molecule has 2 aliphatic heterocycles. The molecule has 2 aromatic carbocycles. The fourth-order valence-electron chi connectivity index (χ4n) is 4.89. The predicted octanol–water partition coefficient (Wildman–Crippen LogP) is 2.07. The van der Waals surface area contributed by atoms with Crippen molar-refractivity contribution < 1.29 is 33.7 Å². The van der Waals surface area contributed by atoms with Gasteiger partial charge in [0, 0.05) is 32.1 Å². The van der Waals surface area contributed by atoms with Crippen LogP contribution in [0.15, 0.2) is 48.5 Å². The van der Waals surface area contributed by atoms with E-state index in [1.54, 1.807) is 29.2 Å². The number of hydrogen-bond acceptors (Lipinski definition) is 6. The Morgan fingerprint density at radius 3 is 2.69 bits per heavy atom. The fourth-order valence-corrected chi connectivity index (χ4v) is 4.89. The summed E-state index contributed by atoms with van der Waals surface area (Å²) in [6, 6.07) is 13.0. The highest BCUT2D eigenvalue weighted by atomic mass is 19.1. The maximum Gasteiger partial charge on any atom is 0.257 e. The molecule has 2 heterocycles. The van der Waals surface area contributed by atoms with Crippen LogP contribution in [-0.2, 0) is 16.0 Å². The van der Waals surface area contributed by atoms with Crippen molar-refractivity contribution in [3.05, 3.63) is 59.9 Å². The van der Waals surface area contributed by atoms with Crippen LogP contribution in [0.1, 0.15) is 31.2 Å². The number of likely N-dealkylation sites (tertiary alicyclic amines) is 1. The largest absolute Gasteiger partial charge is 0.493 e. The molecule has 0 aromatic heterocycles. The molecule has 9 heteroatoms. The molecule has 1 saturated heterocycles. The molecule has 1 spiro atoms. The van der Waals surface area contributed by atoms with Crippen LogP contribution in [-0.4, -0.2) is 72.0 Å². The lowest BCUT2D eigenvalue weighted by Gasteiger charge is -2.43. The number of para-hydroxylation sites is 1. The van der Waals surface area contributed by atoms with Crippen molar-refractivity contribution in [1.29, 1.82) is 0 Å². The number of amides is 2. The van der Waals surface area contributed by atoms with E-state index in [4.69, 9.17) is 9.47 Å². The van der Waals surface area contributed by atoms with E-state index in [2.05, 4.69) is 5.32 Å². The number of carbonyl (C=O) groups is 2. The second-order valence-electron chi connectivity index (χ2n) is 9.65. The third-order valence-electron chi connectivity index (χ3n) is 7.06. The summed E-state index contributed by atoms with van der Waals surface area (Å²) in [6.45, 7) is 1.27. The van der Waals surface area contributed by atoms with Crippen LogP contribution in [0.2, 0.25) is 0 Å². The summed E-state index contributed by atoms with van der Waals surface area (Å²) in [7, 11) is 0. The molecule has 4 rings (SSSR count). The Morgan fingerprint density at radius 1 is 1.14 bits per heavy atom. The Kier molecular flexibility index (Phi) is 8.43. The van der Waals surface area contributed by atoms with Gasteiger partial charge in [-0.15, -0.1) is 0 Å². The van der Waals surface area contributed by atoms with Gasteiger partial charge in [0.1, 0.15) is 17.3 Å². The molecule has 2 aromatic rings. The van der Waals surface area contributed by atoms with E-state index in [1.807, 2.05) is 12.1 Å². The summed E-state index contributed by atoms with van der Waals surface area (Å²) in [6.07, 6.45) is -0.140. The molecule has 2 aliphatic rings. The molecule has 2 atom stereocenters. The highest BCUT2D eigenvalue weighted by Gasteiger charge is 2.39. The number of hydrogen-bond donors (Lipinski definition) is 3. The molecule has 1 fully saturated rings. The van der Waals surface area contributed by atoms with E-state index < -0.39 is 23.4 Å². The number of ether oxygens (including phenoxy) is 2. The maximum atomic E-state index is 13.3. The first-order chi connectivity index (χ1) is 17.3. The number of benzene rings is 2. The molecule has 2 amide bonds. The van der Waals surface area contributed by atoms with E-state index in [-0.39, 0.29) is 37.9 Å². The maximum absolute atomic E-state index is 13.3. The number of rotatable bonds is 4. The SMILES string of the molecule is O=C1COc2ccccc2C[C@H](O)[C@H](O)CC2(CCN(C(=O)CCOc3cccc(F)c3)CC2)CN1. The summed E-state index contributed by atoms with van der Waals surface area (Å²) in [5.41, 5.74) is 0.274. The molecule has 0 bridgehead atoms. The molecule has 36 heavy (non-hydrogen) atoms. The number of halogens is 1. The number of nitrogens with zero attached hydrogens (tertiary/aromatic N) is 1. The third kappa shape index (κ3) is 6.73. The highest BCUT2D eigenvalue weighted by molar-refractivity contribution is 5.78. The number of fused-ring (bicyclic) bond motifs is 1. The van der Waals surface area contributed by atoms with Gasteiger partial charge in [-0.05, 0) is 48.4 Å². The average Bonchev–Trinajstić information content (AvgIpc) is 2.87. The molecule has 0 unspecified atom stereocenters. The third-order valence-corrected chi connectivity index (χ3v) is 7.06. The van der Waals surface area contributed by atoms with Crippen molar-refractivity contribution in [3.63, 3.8) is 0 Å². The van der Waals surface area contributed by atoms with Crippen molar-refractivity contribution in [1.82, 2.24) is 10.2 Å². The van der Waals surface area contributed by atoms with Crippen molar-refractivity contribution in [2.45, 2.75) is 44.3 Å². The Hall–Kier alpha value is -3.17. The number of aliphatic hydroxyl groups is 2. The highest BCUT2D eigenvalue weighted by Crippen LogP contribution is 2.37. The van der Waals surface area contributed by atoms with Gasteiger partial charge in [-0.25, -0.2) is 4.39 Å². The zero-order valence-electron chi connectivity index (χ0n) is 20.2. The Labute approximate surface area is 210 Å². The lowest BCUT2D eigenvalue weighted by molar-refractivity contribution is -0.135. The monoisotopic (exact) mass is 500 g/mol. The van der Waals surface area contributed by atoms with Gasteiger partial charge in [-0.3, -0.25) is 9.59 Å². The average molecular weight is 501 g/mol. The molecule has 194 valence electrons. The molecule has 3 N–H and O–H groups in total. The van der Waals surface area contributed by atoms with Crippen LogP contribution in [0.3, 0.4) is 0 Å². The zero-order chi connectivity index (χ0) is 25.5. The minimum atomic E-state index is -0.990. The molecule has 8 nitrogen and oxygen atoms in total. The summed E-state index contributed by atoms with van der Waals surface area (Å²) in [5.74, 6) is 0.176. The first kappa shape index (κ1) is 25.9. The lowest BCUT2D eigenvalue weighted by atomic mass is 9.73. The molecular weight excluding hydrogens is 467 g/mol. The normalized spacial score (nSPS) is 22.4. The van der Waals surface area contributed by atoms with E-state index in [1.165, 1.54) is 12.1 Å². The number of carbonyl (C=O) groups excluding carboxylic acids is 2. The second-order valence-corrected chi connectivity index (χ2v) is 9.65. The summed E-state index contributed by atoms with van der Waals surface area (Å²) < 4.78 is 24.4. The van der Waals surface area contributed by atoms with Crippen LogP contribution in [0.4, 0.5) is 4.39 Å². The second kappa shape index (κ2) is 11.7. The first-order valence-electron chi connectivity index (χ1n) is 12.3. The topological polar surface area (TPSA) is 108 Å². The van der Waals surface area contributed by atoms with Crippen LogP contribution in [0.5, 0.6) is 11.5 Å². The minimum absolute atomic E-state index is 0.0657. The van der Waals surface area contributed by atoms with Gasteiger partial charge in [0.05, 0.1) is 25.2 Å². The van der Waals surface area contributed by atoms with Crippen LogP contribution in [0, 0.1) is 11.2 Å². The van der Waals surface area contributed by atoms with Crippen LogP contribution >= 0.6 is 0 Å². The number of piperidine rings is 1. The smallest absolute Gasteiger partial charge is 0.257 e. The zero-order valence-corrected chi connectivity index (χ0v) is 20.2. The molecule has 0 saturated carbocycles.